The summed E-state index contributed by atoms with van der Waals surface area (Å²) in [5.41, 5.74) is 0.920. The van der Waals surface area contributed by atoms with Crippen LogP contribution in [0, 0.1) is 0 Å². The van der Waals surface area contributed by atoms with Crippen molar-refractivity contribution in [1.29, 1.82) is 0 Å². The fourth-order valence-electron chi connectivity index (χ4n) is 1.50. The van der Waals surface area contributed by atoms with Crippen LogP contribution in [0.4, 0.5) is 0 Å². The number of hydrogen-bond acceptors (Lipinski definition) is 3. The van der Waals surface area contributed by atoms with Crippen LogP contribution in [0.5, 0.6) is 0 Å². The molecule has 1 aromatic rings. The van der Waals surface area contributed by atoms with E-state index >= 15 is 0 Å². The second-order valence-corrected chi connectivity index (χ2v) is 3.33. The third-order valence-electron chi connectivity index (χ3n) is 2.30. The van der Waals surface area contributed by atoms with Gasteiger partial charge in [-0.25, -0.2) is 0 Å². The summed E-state index contributed by atoms with van der Waals surface area (Å²) in [7, 11) is 0. The second-order valence-electron chi connectivity index (χ2n) is 3.33. The number of pyridine rings is 1. The van der Waals surface area contributed by atoms with Crippen LogP contribution in [0.15, 0.2) is 48.2 Å². The molecule has 0 amide bonds. The lowest BCUT2D eigenvalue weighted by molar-refractivity contribution is -0.115. The van der Waals surface area contributed by atoms with E-state index in [1.165, 1.54) is 0 Å². The summed E-state index contributed by atoms with van der Waals surface area (Å²) in [5.74, 6) is -0.0457. The van der Waals surface area contributed by atoms with Gasteiger partial charge < -0.3 is 5.11 Å². The third kappa shape index (κ3) is 2.02. The average Bonchev–Trinajstić information content (AvgIpc) is 2.30. The molecule has 1 aromatic heterocycles. The Bertz CT molecular complexity index is 421. The molecule has 0 saturated heterocycles. The molecule has 1 aliphatic carbocycles. The van der Waals surface area contributed by atoms with Gasteiger partial charge >= 0.3 is 0 Å². The van der Waals surface area contributed by atoms with Gasteiger partial charge in [-0.3, -0.25) is 9.78 Å². The van der Waals surface area contributed by atoms with E-state index in [-0.39, 0.29) is 5.78 Å². The number of carbonyl (C=O) groups is 1. The Morgan fingerprint density at radius 3 is 2.93 bits per heavy atom. The molecule has 1 atom stereocenters. The first-order valence-corrected chi connectivity index (χ1v) is 4.78. The number of Topliss-reactive ketones (excluding diaryl/α,β-unsaturated/α-hetero) is 1. The van der Waals surface area contributed by atoms with E-state index in [1.54, 1.807) is 42.6 Å². The monoisotopic (exact) mass is 201 g/mol. The number of nitrogens with zero attached hydrogens (tertiary/aromatic N) is 1. The fraction of sp³-hybridized carbons (Fsp3) is 0.167. The Morgan fingerprint density at radius 1 is 1.40 bits per heavy atom. The zero-order valence-corrected chi connectivity index (χ0v) is 8.13. The van der Waals surface area contributed by atoms with Gasteiger partial charge in [0, 0.05) is 18.2 Å². The van der Waals surface area contributed by atoms with Gasteiger partial charge in [-0.1, -0.05) is 24.3 Å². The lowest BCUT2D eigenvalue weighted by Gasteiger charge is -2.14. The normalized spacial score (nSPS) is 17.4. The molecule has 1 aliphatic rings. The zero-order valence-electron chi connectivity index (χ0n) is 8.13. The molecular weight excluding hydrogens is 190 g/mol. The first kappa shape index (κ1) is 9.80. The van der Waals surface area contributed by atoms with Crippen molar-refractivity contribution >= 4 is 5.78 Å². The standard InChI is InChI=1S/C12H11NO2/c14-11-7-2-1-5-9(11)12(15)10-6-3-4-8-13-10/h1-6,8,12,15H,7H2. The number of allylic oxidation sites excluding steroid dienone is 3. The van der Waals surface area contributed by atoms with Gasteiger partial charge in [-0.15, -0.1) is 0 Å². The number of carbonyl (C=O) groups excluding carboxylic acids is 1. The number of hydrogen-bond donors (Lipinski definition) is 1. The third-order valence-corrected chi connectivity index (χ3v) is 2.30. The lowest BCUT2D eigenvalue weighted by atomic mass is 9.96. The molecular formula is C12H11NO2. The van der Waals surface area contributed by atoms with Gasteiger partial charge in [-0.2, -0.15) is 0 Å². The predicted octanol–water partition coefficient (Wildman–Crippen LogP) is 1.57. The Labute approximate surface area is 87.8 Å². The van der Waals surface area contributed by atoms with E-state index in [9.17, 15) is 9.90 Å². The van der Waals surface area contributed by atoms with Crippen molar-refractivity contribution in [2.75, 3.05) is 0 Å². The molecule has 1 unspecified atom stereocenters. The molecule has 0 fully saturated rings. The molecule has 1 N–H and O–H groups in total. The van der Waals surface area contributed by atoms with Crippen LogP contribution in [-0.2, 0) is 4.79 Å². The summed E-state index contributed by atoms with van der Waals surface area (Å²) in [4.78, 5) is 15.5. The number of aliphatic hydroxyl groups is 1. The minimum Gasteiger partial charge on any atom is -0.382 e. The Morgan fingerprint density at radius 2 is 2.27 bits per heavy atom. The van der Waals surface area contributed by atoms with E-state index < -0.39 is 6.10 Å². The fourth-order valence-corrected chi connectivity index (χ4v) is 1.50. The molecule has 1 heterocycles. The summed E-state index contributed by atoms with van der Waals surface area (Å²) < 4.78 is 0. The quantitative estimate of drug-likeness (QED) is 0.790. The summed E-state index contributed by atoms with van der Waals surface area (Å²) in [6.45, 7) is 0. The number of aliphatic hydroxyl groups excluding tert-OH is 1. The highest BCUT2D eigenvalue weighted by Gasteiger charge is 2.21. The number of aromatic nitrogens is 1. The minimum absolute atomic E-state index is 0.0457. The minimum atomic E-state index is -0.913. The highest BCUT2D eigenvalue weighted by Crippen LogP contribution is 2.23. The maximum Gasteiger partial charge on any atom is 0.165 e. The van der Waals surface area contributed by atoms with Crippen molar-refractivity contribution in [3.8, 4) is 0 Å². The Balaban J connectivity index is 2.28. The van der Waals surface area contributed by atoms with E-state index in [0.29, 0.717) is 17.7 Å². The Kier molecular flexibility index (Phi) is 2.74. The molecule has 0 spiro atoms. The topological polar surface area (TPSA) is 50.2 Å². The molecule has 76 valence electrons. The molecule has 3 heteroatoms. The zero-order chi connectivity index (χ0) is 10.7. The van der Waals surface area contributed by atoms with E-state index in [1.807, 2.05) is 0 Å². The lowest BCUT2D eigenvalue weighted by Crippen LogP contribution is -2.13. The van der Waals surface area contributed by atoms with Crippen molar-refractivity contribution in [1.82, 2.24) is 4.98 Å². The van der Waals surface area contributed by atoms with E-state index in [4.69, 9.17) is 0 Å². The van der Waals surface area contributed by atoms with E-state index in [2.05, 4.69) is 4.98 Å². The van der Waals surface area contributed by atoms with Crippen molar-refractivity contribution in [2.24, 2.45) is 0 Å². The first-order valence-electron chi connectivity index (χ1n) is 4.78. The molecule has 0 bridgehead atoms. The van der Waals surface area contributed by atoms with Crippen LogP contribution in [-0.4, -0.2) is 15.9 Å². The highest BCUT2D eigenvalue weighted by molar-refractivity contribution is 5.98. The van der Waals surface area contributed by atoms with Crippen LogP contribution in [0.2, 0.25) is 0 Å². The molecule has 0 radical (unpaired) electrons. The number of rotatable bonds is 2. The average molecular weight is 201 g/mol. The highest BCUT2D eigenvalue weighted by atomic mass is 16.3. The summed E-state index contributed by atoms with van der Waals surface area (Å²) in [5, 5.41) is 9.93. The van der Waals surface area contributed by atoms with Crippen molar-refractivity contribution in [3.63, 3.8) is 0 Å². The van der Waals surface area contributed by atoms with Gasteiger partial charge in [0.1, 0.15) is 6.10 Å². The molecule has 0 saturated carbocycles. The molecule has 15 heavy (non-hydrogen) atoms. The summed E-state index contributed by atoms with van der Waals surface area (Å²) in [6, 6.07) is 5.26. The van der Waals surface area contributed by atoms with Gasteiger partial charge in [-0.05, 0) is 12.1 Å². The maximum absolute atomic E-state index is 11.5. The van der Waals surface area contributed by atoms with Gasteiger partial charge in [0.15, 0.2) is 5.78 Å². The van der Waals surface area contributed by atoms with Gasteiger partial charge in [0.25, 0.3) is 0 Å². The smallest absolute Gasteiger partial charge is 0.165 e. The van der Waals surface area contributed by atoms with Crippen molar-refractivity contribution in [2.45, 2.75) is 12.5 Å². The second kappa shape index (κ2) is 4.19. The molecule has 0 aliphatic heterocycles. The van der Waals surface area contributed by atoms with Crippen LogP contribution < -0.4 is 0 Å². The molecule has 3 nitrogen and oxygen atoms in total. The maximum atomic E-state index is 11.5. The van der Waals surface area contributed by atoms with Gasteiger partial charge in [0.05, 0.1) is 5.69 Å². The van der Waals surface area contributed by atoms with Crippen LogP contribution in [0.25, 0.3) is 0 Å². The van der Waals surface area contributed by atoms with Gasteiger partial charge in [0.2, 0.25) is 0 Å². The molecule has 0 aromatic carbocycles. The van der Waals surface area contributed by atoms with E-state index in [0.717, 1.165) is 0 Å². The predicted molar refractivity (Wildman–Crippen MR) is 56.0 cm³/mol. The van der Waals surface area contributed by atoms with Crippen molar-refractivity contribution in [3.05, 3.63) is 53.9 Å². The van der Waals surface area contributed by atoms with Crippen LogP contribution >= 0.6 is 0 Å². The largest absolute Gasteiger partial charge is 0.382 e. The SMILES string of the molecule is O=C1CC=CC=C1C(O)c1ccccn1. The summed E-state index contributed by atoms with van der Waals surface area (Å²) in [6.07, 6.45) is 6.24. The van der Waals surface area contributed by atoms with Crippen LogP contribution in [0.1, 0.15) is 18.2 Å². The summed E-state index contributed by atoms with van der Waals surface area (Å²) >= 11 is 0. The number of ketones is 1. The van der Waals surface area contributed by atoms with Crippen molar-refractivity contribution < 1.29 is 9.90 Å². The Hall–Kier alpha value is -1.74. The first-order chi connectivity index (χ1) is 7.29. The van der Waals surface area contributed by atoms with Crippen LogP contribution in [0.3, 0.4) is 0 Å². The molecule has 2 rings (SSSR count).